The first-order valence-electron chi connectivity index (χ1n) is 8.55. The molecule has 1 aromatic rings. The van der Waals surface area contributed by atoms with Crippen LogP contribution in [0.4, 0.5) is 5.69 Å². The summed E-state index contributed by atoms with van der Waals surface area (Å²) in [4.78, 5) is 46.2. The van der Waals surface area contributed by atoms with E-state index in [4.69, 9.17) is 5.11 Å². The van der Waals surface area contributed by atoms with Crippen molar-refractivity contribution in [3.05, 3.63) is 29.8 Å². The van der Waals surface area contributed by atoms with Gasteiger partial charge in [0.2, 0.25) is 11.8 Å². The van der Waals surface area contributed by atoms with Crippen molar-refractivity contribution >= 4 is 29.4 Å². The highest BCUT2D eigenvalue weighted by Gasteiger charge is 2.31. The minimum atomic E-state index is -1.13. The summed E-state index contributed by atoms with van der Waals surface area (Å²) in [7, 11) is 0. The Hall–Kier alpha value is -2.90. The number of hydrogen-bond donors (Lipinski definition) is 4. The molecule has 0 aromatic heterocycles. The lowest BCUT2D eigenvalue weighted by atomic mass is 9.97. The van der Waals surface area contributed by atoms with Crippen molar-refractivity contribution in [2.45, 2.75) is 38.6 Å². The van der Waals surface area contributed by atoms with Crippen LogP contribution in [0.25, 0.3) is 0 Å². The average Bonchev–Trinajstić information content (AvgIpc) is 3.12. The van der Waals surface area contributed by atoms with Crippen LogP contribution in [0.3, 0.4) is 0 Å². The van der Waals surface area contributed by atoms with E-state index in [0.29, 0.717) is 11.3 Å². The zero-order valence-electron chi connectivity index (χ0n) is 14.6. The predicted octanol–water partition coefficient (Wildman–Crippen LogP) is 1.13. The molecule has 0 bridgehead atoms. The summed E-state index contributed by atoms with van der Waals surface area (Å²) < 4.78 is 0. The third kappa shape index (κ3) is 5.58. The zero-order chi connectivity index (χ0) is 19.1. The summed E-state index contributed by atoms with van der Waals surface area (Å²) in [6.07, 6.45) is 3.91. The number of carboxylic acid groups (broad SMARTS) is 1. The Morgan fingerprint density at radius 1 is 1.12 bits per heavy atom. The van der Waals surface area contributed by atoms with Gasteiger partial charge in [0.05, 0.1) is 0 Å². The molecule has 0 radical (unpaired) electrons. The highest BCUT2D eigenvalue weighted by atomic mass is 16.4. The SMILES string of the molecule is CC(=O)NC(C(=O)Nc1ccc(C(=O)NCC(=O)O)cc1)C1CCCC1. The lowest BCUT2D eigenvalue weighted by Gasteiger charge is -2.23. The molecule has 0 heterocycles. The van der Waals surface area contributed by atoms with Gasteiger partial charge >= 0.3 is 5.97 Å². The van der Waals surface area contributed by atoms with E-state index in [2.05, 4.69) is 16.0 Å². The van der Waals surface area contributed by atoms with Crippen LogP contribution in [0.15, 0.2) is 24.3 Å². The summed E-state index contributed by atoms with van der Waals surface area (Å²) in [5.74, 6) is -2.04. The van der Waals surface area contributed by atoms with Crippen molar-refractivity contribution in [2.75, 3.05) is 11.9 Å². The molecule has 1 aromatic carbocycles. The molecule has 0 aliphatic heterocycles. The molecule has 1 aliphatic carbocycles. The van der Waals surface area contributed by atoms with E-state index in [0.717, 1.165) is 25.7 Å². The Kier molecular flexibility index (Phi) is 6.71. The van der Waals surface area contributed by atoms with Crippen molar-refractivity contribution in [3.63, 3.8) is 0 Å². The molecule has 1 unspecified atom stereocenters. The largest absolute Gasteiger partial charge is 0.480 e. The van der Waals surface area contributed by atoms with Gasteiger partial charge in [-0.05, 0) is 43.0 Å². The van der Waals surface area contributed by atoms with Gasteiger partial charge in [-0.3, -0.25) is 19.2 Å². The number of amides is 3. The molecule has 8 nitrogen and oxygen atoms in total. The third-order valence-corrected chi connectivity index (χ3v) is 4.33. The molecule has 2 rings (SSSR count). The maximum Gasteiger partial charge on any atom is 0.322 e. The van der Waals surface area contributed by atoms with Crippen molar-refractivity contribution in [1.29, 1.82) is 0 Å². The van der Waals surface area contributed by atoms with Gasteiger partial charge in [-0.15, -0.1) is 0 Å². The van der Waals surface area contributed by atoms with E-state index in [1.54, 1.807) is 12.1 Å². The number of nitrogens with one attached hydrogen (secondary N) is 3. The van der Waals surface area contributed by atoms with E-state index in [9.17, 15) is 19.2 Å². The van der Waals surface area contributed by atoms with Crippen LogP contribution in [0.5, 0.6) is 0 Å². The van der Waals surface area contributed by atoms with Gasteiger partial charge in [-0.2, -0.15) is 0 Å². The fourth-order valence-electron chi connectivity index (χ4n) is 3.09. The molecule has 140 valence electrons. The number of carbonyl (C=O) groups excluding carboxylic acids is 3. The Morgan fingerprint density at radius 3 is 2.27 bits per heavy atom. The molecule has 26 heavy (non-hydrogen) atoms. The van der Waals surface area contributed by atoms with Gasteiger partial charge in [0.25, 0.3) is 5.91 Å². The molecule has 3 amide bonds. The van der Waals surface area contributed by atoms with Crippen LogP contribution in [-0.4, -0.2) is 41.4 Å². The fourth-order valence-corrected chi connectivity index (χ4v) is 3.09. The van der Waals surface area contributed by atoms with Crippen LogP contribution < -0.4 is 16.0 Å². The minimum Gasteiger partial charge on any atom is -0.480 e. The van der Waals surface area contributed by atoms with Crippen molar-refractivity contribution in [3.8, 4) is 0 Å². The monoisotopic (exact) mass is 361 g/mol. The number of carboxylic acids is 1. The molecule has 0 spiro atoms. The number of rotatable bonds is 7. The zero-order valence-corrected chi connectivity index (χ0v) is 14.6. The Balaban J connectivity index is 1.99. The first-order chi connectivity index (χ1) is 12.4. The number of hydrogen-bond acceptors (Lipinski definition) is 4. The van der Waals surface area contributed by atoms with Crippen LogP contribution >= 0.6 is 0 Å². The van der Waals surface area contributed by atoms with Crippen molar-refractivity contribution in [2.24, 2.45) is 5.92 Å². The quantitative estimate of drug-likeness (QED) is 0.579. The molecule has 1 aliphatic rings. The maximum absolute atomic E-state index is 12.6. The first-order valence-corrected chi connectivity index (χ1v) is 8.55. The molecule has 8 heteroatoms. The second kappa shape index (κ2) is 8.98. The van der Waals surface area contributed by atoms with Crippen LogP contribution in [0.1, 0.15) is 43.0 Å². The summed E-state index contributed by atoms with van der Waals surface area (Å²) in [5.41, 5.74) is 0.789. The molecule has 1 saturated carbocycles. The second-order valence-corrected chi connectivity index (χ2v) is 6.37. The molecular weight excluding hydrogens is 338 g/mol. The topological polar surface area (TPSA) is 125 Å². The highest BCUT2D eigenvalue weighted by Crippen LogP contribution is 2.28. The molecule has 1 fully saturated rings. The van der Waals surface area contributed by atoms with Gasteiger partial charge in [-0.1, -0.05) is 12.8 Å². The van der Waals surface area contributed by atoms with E-state index in [1.807, 2.05) is 0 Å². The predicted molar refractivity (Wildman–Crippen MR) is 94.6 cm³/mol. The average molecular weight is 361 g/mol. The summed E-state index contributed by atoms with van der Waals surface area (Å²) in [6, 6.07) is 5.54. The molecule has 0 saturated heterocycles. The van der Waals surface area contributed by atoms with Gasteiger partial charge in [0.15, 0.2) is 0 Å². The lowest BCUT2D eigenvalue weighted by Crippen LogP contribution is -2.47. The number of carbonyl (C=O) groups is 4. The molecular formula is C18H23N3O5. The van der Waals surface area contributed by atoms with Crippen LogP contribution in [0, 0.1) is 5.92 Å². The lowest BCUT2D eigenvalue weighted by molar-refractivity contribution is -0.135. The maximum atomic E-state index is 12.6. The third-order valence-electron chi connectivity index (χ3n) is 4.33. The number of benzene rings is 1. The van der Waals surface area contributed by atoms with E-state index < -0.39 is 24.5 Å². The van der Waals surface area contributed by atoms with E-state index in [1.165, 1.54) is 19.1 Å². The molecule has 4 N–H and O–H groups in total. The first kappa shape index (κ1) is 19.4. The van der Waals surface area contributed by atoms with Gasteiger partial charge < -0.3 is 21.1 Å². The Labute approximate surface area is 151 Å². The second-order valence-electron chi connectivity index (χ2n) is 6.37. The summed E-state index contributed by atoms with van der Waals surface area (Å²) >= 11 is 0. The minimum absolute atomic E-state index is 0.125. The van der Waals surface area contributed by atoms with E-state index >= 15 is 0 Å². The Morgan fingerprint density at radius 2 is 1.73 bits per heavy atom. The fraction of sp³-hybridized carbons (Fsp3) is 0.444. The standard InChI is InChI=1S/C18H23N3O5/c1-11(22)20-16(12-4-2-3-5-12)18(26)21-14-8-6-13(7-9-14)17(25)19-10-15(23)24/h6-9,12,16H,2-5,10H2,1H3,(H,19,25)(H,20,22)(H,21,26)(H,23,24). The summed E-state index contributed by atoms with van der Waals surface area (Å²) in [5, 5.41) is 16.3. The van der Waals surface area contributed by atoms with Crippen molar-refractivity contribution < 1.29 is 24.3 Å². The number of aliphatic carboxylic acids is 1. The van der Waals surface area contributed by atoms with Gasteiger partial charge in [0.1, 0.15) is 12.6 Å². The van der Waals surface area contributed by atoms with Crippen LogP contribution in [0.2, 0.25) is 0 Å². The highest BCUT2D eigenvalue weighted by molar-refractivity contribution is 5.99. The van der Waals surface area contributed by atoms with Crippen LogP contribution in [-0.2, 0) is 14.4 Å². The Bertz CT molecular complexity index is 681. The molecule has 1 atom stereocenters. The van der Waals surface area contributed by atoms with Crippen molar-refractivity contribution in [1.82, 2.24) is 10.6 Å². The van der Waals surface area contributed by atoms with Gasteiger partial charge in [-0.25, -0.2) is 0 Å². The smallest absolute Gasteiger partial charge is 0.322 e. The van der Waals surface area contributed by atoms with Gasteiger partial charge in [0, 0.05) is 18.2 Å². The summed E-state index contributed by atoms with van der Waals surface area (Å²) in [6.45, 7) is 0.927. The normalized spacial score (nSPS) is 15.1. The number of anilines is 1. The van der Waals surface area contributed by atoms with E-state index in [-0.39, 0.29) is 17.7 Å².